The zero-order valence-electron chi connectivity index (χ0n) is 13.4. The summed E-state index contributed by atoms with van der Waals surface area (Å²) in [5.74, 6) is 0.387. The molecule has 0 aliphatic rings. The van der Waals surface area contributed by atoms with Crippen LogP contribution in [0.5, 0.6) is 5.75 Å². The van der Waals surface area contributed by atoms with Gasteiger partial charge in [0, 0.05) is 17.2 Å². The minimum Gasteiger partial charge on any atom is -0.507 e. The van der Waals surface area contributed by atoms with Crippen LogP contribution in [0, 0.1) is 11.3 Å². The molecule has 0 aliphatic carbocycles. The Labute approximate surface area is 122 Å². The van der Waals surface area contributed by atoms with E-state index < -0.39 is 0 Å². The van der Waals surface area contributed by atoms with E-state index in [1.54, 1.807) is 6.08 Å². The third-order valence-corrected chi connectivity index (χ3v) is 3.90. The maximum Gasteiger partial charge on any atom is 0.123 e. The van der Waals surface area contributed by atoms with Gasteiger partial charge in [0.25, 0.3) is 0 Å². The fourth-order valence-corrected chi connectivity index (χ4v) is 2.16. The van der Waals surface area contributed by atoms with Gasteiger partial charge in [-0.05, 0) is 41.0 Å². The van der Waals surface area contributed by atoms with Gasteiger partial charge in [-0.25, -0.2) is 0 Å². The predicted octanol–water partition coefficient (Wildman–Crippen LogP) is 4.91. The summed E-state index contributed by atoms with van der Waals surface area (Å²) in [5, 5.41) is 19.4. The zero-order chi connectivity index (χ0) is 15.6. The van der Waals surface area contributed by atoms with Crippen LogP contribution < -0.4 is 0 Å². The fourth-order valence-electron chi connectivity index (χ4n) is 2.16. The van der Waals surface area contributed by atoms with E-state index in [1.807, 2.05) is 18.2 Å². The van der Waals surface area contributed by atoms with E-state index in [1.165, 1.54) is 6.08 Å². The van der Waals surface area contributed by atoms with Crippen molar-refractivity contribution in [1.82, 2.24) is 0 Å². The topological polar surface area (TPSA) is 44.0 Å². The standard InChI is InChI=1S/C18H25NO/c1-7-18(5,6)15-12-13(9-8-10-19)11-14(16(15)20)17(2,3)4/h8-9,11-12,20H,7H2,1-6H3. The molecule has 2 nitrogen and oxygen atoms in total. The van der Waals surface area contributed by atoms with E-state index >= 15 is 0 Å². The molecule has 0 bridgehead atoms. The quantitative estimate of drug-likeness (QED) is 0.793. The lowest BCUT2D eigenvalue weighted by atomic mass is 9.76. The van der Waals surface area contributed by atoms with Crippen molar-refractivity contribution in [3.8, 4) is 11.8 Å². The molecule has 0 unspecified atom stereocenters. The zero-order valence-corrected chi connectivity index (χ0v) is 13.4. The highest BCUT2D eigenvalue weighted by atomic mass is 16.3. The second-order valence-corrected chi connectivity index (χ2v) is 6.91. The van der Waals surface area contributed by atoms with Gasteiger partial charge in [0.2, 0.25) is 0 Å². The number of aromatic hydroxyl groups is 1. The van der Waals surface area contributed by atoms with Crippen LogP contribution in [0.1, 0.15) is 64.7 Å². The molecule has 2 heteroatoms. The van der Waals surface area contributed by atoms with Gasteiger partial charge in [-0.3, -0.25) is 0 Å². The molecule has 0 amide bonds. The van der Waals surface area contributed by atoms with Gasteiger partial charge in [0.1, 0.15) is 5.75 Å². The number of phenols is 1. The number of hydrogen-bond donors (Lipinski definition) is 1. The van der Waals surface area contributed by atoms with Gasteiger partial charge >= 0.3 is 0 Å². The lowest BCUT2D eigenvalue weighted by molar-refractivity contribution is 0.410. The lowest BCUT2D eigenvalue weighted by Gasteiger charge is -2.29. The summed E-state index contributed by atoms with van der Waals surface area (Å²) in [7, 11) is 0. The van der Waals surface area contributed by atoms with Crippen molar-refractivity contribution in [1.29, 1.82) is 5.26 Å². The number of nitrogens with zero attached hydrogens (tertiary/aromatic N) is 1. The fraction of sp³-hybridized carbons (Fsp3) is 0.500. The van der Waals surface area contributed by atoms with Gasteiger partial charge in [0.15, 0.2) is 0 Å². The van der Waals surface area contributed by atoms with Crippen molar-refractivity contribution in [2.45, 2.75) is 58.8 Å². The van der Waals surface area contributed by atoms with Crippen molar-refractivity contribution in [2.75, 3.05) is 0 Å². The van der Waals surface area contributed by atoms with E-state index in [-0.39, 0.29) is 10.8 Å². The highest BCUT2D eigenvalue weighted by Gasteiger charge is 2.27. The lowest BCUT2D eigenvalue weighted by Crippen LogP contribution is -2.19. The van der Waals surface area contributed by atoms with Crippen LogP contribution in [0.15, 0.2) is 18.2 Å². The van der Waals surface area contributed by atoms with Crippen LogP contribution >= 0.6 is 0 Å². The Kier molecular flexibility index (Phi) is 4.65. The Morgan fingerprint density at radius 3 is 2.15 bits per heavy atom. The first-order valence-corrected chi connectivity index (χ1v) is 7.07. The van der Waals surface area contributed by atoms with Crippen LogP contribution in [0.25, 0.3) is 6.08 Å². The Morgan fingerprint density at radius 1 is 1.15 bits per heavy atom. The number of benzene rings is 1. The molecule has 0 heterocycles. The van der Waals surface area contributed by atoms with Crippen molar-refractivity contribution >= 4 is 6.08 Å². The summed E-state index contributed by atoms with van der Waals surface area (Å²) in [6.07, 6.45) is 4.21. The molecule has 1 aromatic carbocycles. The highest BCUT2D eigenvalue weighted by Crippen LogP contribution is 2.41. The van der Waals surface area contributed by atoms with Crippen molar-refractivity contribution < 1.29 is 5.11 Å². The van der Waals surface area contributed by atoms with Crippen molar-refractivity contribution in [3.63, 3.8) is 0 Å². The van der Waals surface area contributed by atoms with Gasteiger partial charge in [-0.15, -0.1) is 0 Å². The molecule has 0 saturated heterocycles. The summed E-state index contributed by atoms with van der Waals surface area (Å²) in [5.41, 5.74) is 2.60. The van der Waals surface area contributed by atoms with E-state index in [4.69, 9.17) is 5.26 Å². The van der Waals surface area contributed by atoms with E-state index in [0.717, 1.165) is 23.1 Å². The van der Waals surface area contributed by atoms with Gasteiger partial charge in [-0.1, -0.05) is 41.5 Å². The molecule has 0 aliphatic heterocycles. The molecule has 1 aromatic rings. The predicted molar refractivity (Wildman–Crippen MR) is 84.8 cm³/mol. The summed E-state index contributed by atoms with van der Waals surface area (Å²) in [6.45, 7) is 12.6. The number of allylic oxidation sites excluding steroid dienone is 1. The molecular formula is C18H25NO. The maximum absolute atomic E-state index is 10.7. The number of hydrogen-bond acceptors (Lipinski definition) is 2. The molecule has 0 spiro atoms. The molecule has 0 fully saturated rings. The van der Waals surface area contributed by atoms with Crippen molar-refractivity contribution in [2.24, 2.45) is 0 Å². The third kappa shape index (κ3) is 3.42. The molecular weight excluding hydrogens is 246 g/mol. The molecule has 1 N–H and O–H groups in total. The first-order valence-electron chi connectivity index (χ1n) is 7.07. The maximum atomic E-state index is 10.7. The third-order valence-electron chi connectivity index (χ3n) is 3.90. The molecule has 0 atom stereocenters. The molecule has 0 saturated carbocycles. The largest absolute Gasteiger partial charge is 0.507 e. The Bertz CT molecular complexity index is 554. The molecule has 108 valence electrons. The molecule has 20 heavy (non-hydrogen) atoms. The normalized spacial score (nSPS) is 12.7. The Hall–Kier alpha value is -1.75. The van der Waals surface area contributed by atoms with Gasteiger partial charge < -0.3 is 5.11 Å². The van der Waals surface area contributed by atoms with E-state index in [2.05, 4.69) is 41.5 Å². The first-order chi connectivity index (χ1) is 9.13. The van der Waals surface area contributed by atoms with Crippen molar-refractivity contribution in [3.05, 3.63) is 34.9 Å². The number of nitriles is 1. The Balaban J connectivity index is 3.60. The second-order valence-electron chi connectivity index (χ2n) is 6.91. The number of phenolic OH excluding ortho intramolecular Hbond substituents is 1. The van der Waals surface area contributed by atoms with Gasteiger partial charge in [-0.2, -0.15) is 5.26 Å². The smallest absolute Gasteiger partial charge is 0.123 e. The summed E-state index contributed by atoms with van der Waals surface area (Å²) >= 11 is 0. The minimum absolute atomic E-state index is 0.0967. The summed E-state index contributed by atoms with van der Waals surface area (Å²) in [4.78, 5) is 0. The SMILES string of the molecule is CCC(C)(C)c1cc(C=CC#N)cc(C(C)(C)C)c1O. The second kappa shape index (κ2) is 5.71. The Morgan fingerprint density at radius 2 is 1.70 bits per heavy atom. The first kappa shape index (κ1) is 16.3. The van der Waals surface area contributed by atoms with E-state index in [9.17, 15) is 5.11 Å². The van der Waals surface area contributed by atoms with Crippen LogP contribution in [0.4, 0.5) is 0 Å². The van der Waals surface area contributed by atoms with Crippen LogP contribution in [-0.2, 0) is 10.8 Å². The average molecular weight is 271 g/mol. The van der Waals surface area contributed by atoms with E-state index in [0.29, 0.717) is 5.75 Å². The minimum atomic E-state index is -0.140. The molecule has 1 rings (SSSR count). The van der Waals surface area contributed by atoms with Crippen LogP contribution in [0.2, 0.25) is 0 Å². The number of rotatable bonds is 3. The monoisotopic (exact) mass is 271 g/mol. The highest BCUT2D eigenvalue weighted by molar-refractivity contribution is 5.60. The van der Waals surface area contributed by atoms with Crippen LogP contribution in [0.3, 0.4) is 0 Å². The van der Waals surface area contributed by atoms with Gasteiger partial charge in [0.05, 0.1) is 6.07 Å². The van der Waals surface area contributed by atoms with Crippen LogP contribution in [-0.4, -0.2) is 5.11 Å². The molecule has 0 radical (unpaired) electrons. The average Bonchev–Trinajstić information content (AvgIpc) is 2.35. The summed E-state index contributed by atoms with van der Waals surface area (Å²) in [6, 6.07) is 5.98. The summed E-state index contributed by atoms with van der Waals surface area (Å²) < 4.78 is 0. The molecule has 0 aromatic heterocycles.